The van der Waals surface area contributed by atoms with Gasteiger partial charge >= 0.3 is 5.97 Å². The van der Waals surface area contributed by atoms with E-state index in [1.165, 1.54) is 0 Å². The average molecular weight is 601 g/mol. The van der Waals surface area contributed by atoms with E-state index in [-0.39, 0.29) is 63.4 Å². The zero-order valence-electron chi connectivity index (χ0n) is 23.3. The molecule has 0 aromatic heterocycles. The lowest BCUT2D eigenvalue weighted by Gasteiger charge is -2.17. The minimum absolute atomic E-state index is 0.0151. The molecule has 0 heterocycles. The summed E-state index contributed by atoms with van der Waals surface area (Å²) in [5, 5.41) is 5.32. The normalized spacial score (nSPS) is 11.4. The maximum Gasteiger partial charge on any atom is 0.337 e. The molecule has 1 rings (SSSR count). The molecule has 0 bridgehead atoms. The lowest BCUT2D eigenvalue weighted by atomic mass is 9.90. The molecule has 1 aromatic rings. The van der Waals surface area contributed by atoms with E-state index in [2.05, 4.69) is 36.1 Å². The molecule has 41 heavy (non-hydrogen) atoms. The highest BCUT2D eigenvalue weighted by Crippen LogP contribution is 2.29. The van der Waals surface area contributed by atoms with Gasteiger partial charge in [-0.15, -0.1) is 0 Å². The van der Waals surface area contributed by atoms with E-state index in [1.54, 1.807) is 0 Å². The van der Waals surface area contributed by atoms with Crippen LogP contribution in [-0.4, -0.2) is 83.7 Å². The minimum Gasteiger partial charge on any atom is -0.418 e. The highest BCUT2D eigenvalue weighted by atomic mass is 19.2. The van der Waals surface area contributed by atoms with Gasteiger partial charge in [-0.3, -0.25) is 9.59 Å². The van der Waals surface area contributed by atoms with E-state index >= 15 is 0 Å². The fraction of sp³-hybridized carbons (Fsp3) is 0.654. The van der Waals surface area contributed by atoms with Crippen molar-refractivity contribution in [3.05, 3.63) is 29.1 Å². The SMILES string of the molecule is CC(C)(C)CCCC(=O)NCCOCCOCC(=O)NCCOCCOCC(=O)Oc1c(F)c(F)c(F)c(F)c1F. The molecule has 0 atom stereocenters. The van der Waals surface area contributed by atoms with Gasteiger partial charge in [-0.2, -0.15) is 8.78 Å². The topological polar surface area (TPSA) is 121 Å². The monoisotopic (exact) mass is 600 g/mol. The third-order valence-corrected chi connectivity index (χ3v) is 5.05. The molecule has 0 radical (unpaired) electrons. The van der Waals surface area contributed by atoms with Gasteiger partial charge in [0.05, 0.1) is 39.6 Å². The van der Waals surface area contributed by atoms with E-state index in [9.17, 15) is 36.3 Å². The van der Waals surface area contributed by atoms with E-state index in [0.717, 1.165) is 12.8 Å². The third-order valence-electron chi connectivity index (χ3n) is 5.05. The zero-order chi connectivity index (χ0) is 30.8. The fourth-order valence-electron chi connectivity index (χ4n) is 3.02. The molecule has 0 aliphatic carbocycles. The van der Waals surface area contributed by atoms with Crippen LogP contribution in [0.15, 0.2) is 0 Å². The summed E-state index contributed by atoms with van der Waals surface area (Å²) in [5.41, 5.74) is 0.201. The first-order chi connectivity index (χ1) is 19.3. The van der Waals surface area contributed by atoms with Crippen LogP contribution in [0.2, 0.25) is 0 Å². The molecule has 0 saturated carbocycles. The van der Waals surface area contributed by atoms with Crippen molar-refractivity contribution in [2.45, 2.75) is 40.0 Å². The number of hydrogen-bond donors (Lipinski definition) is 2. The maximum absolute atomic E-state index is 13.5. The van der Waals surface area contributed by atoms with Gasteiger partial charge in [-0.1, -0.05) is 20.8 Å². The average Bonchev–Trinajstić information content (AvgIpc) is 2.91. The van der Waals surface area contributed by atoms with E-state index in [0.29, 0.717) is 19.6 Å². The number of hydrogen-bond acceptors (Lipinski definition) is 8. The first-order valence-corrected chi connectivity index (χ1v) is 12.9. The number of rotatable bonds is 20. The van der Waals surface area contributed by atoms with Crippen molar-refractivity contribution in [1.29, 1.82) is 0 Å². The van der Waals surface area contributed by atoms with Gasteiger partial charge in [-0.05, 0) is 18.3 Å². The number of amides is 2. The van der Waals surface area contributed by atoms with Gasteiger partial charge in [0.1, 0.15) is 13.2 Å². The highest BCUT2D eigenvalue weighted by Gasteiger charge is 2.28. The van der Waals surface area contributed by atoms with Crippen LogP contribution in [0.4, 0.5) is 22.0 Å². The number of benzene rings is 1. The summed E-state index contributed by atoms with van der Waals surface area (Å²) < 4.78 is 90.9. The van der Waals surface area contributed by atoms with Crippen LogP contribution >= 0.6 is 0 Å². The Labute approximate surface area is 235 Å². The van der Waals surface area contributed by atoms with Crippen molar-refractivity contribution < 1.29 is 60.0 Å². The lowest BCUT2D eigenvalue weighted by molar-refractivity contribution is -0.140. The molecule has 10 nitrogen and oxygen atoms in total. The second kappa shape index (κ2) is 19.3. The predicted molar refractivity (Wildman–Crippen MR) is 134 cm³/mol. The minimum atomic E-state index is -2.38. The first kappa shape index (κ1) is 36.1. The molecule has 15 heteroatoms. The van der Waals surface area contributed by atoms with Crippen molar-refractivity contribution in [2.75, 3.05) is 65.9 Å². The Morgan fingerprint density at radius 1 is 0.634 bits per heavy atom. The Bertz CT molecular complexity index is 963. The van der Waals surface area contributed by atoms with Crippen LogP contribution in [0.3, 0.4) is 0 Å². The second-order valence-electron chi connectivity index (χ2n) is 9.82. The Kier molecular flexibility index (Phi) is 17.0. The number of nitrogens with one attached hydrogen (secondary N) is 2. The number of carbonyl (C=O) groups is 3. The molecule has 2 amide bonds. The summed E-state index contributed by atoms with van der Waals surface area (Å²) in [6, 6.07) is 0. The molecule has 0 unspecified atom stereocenters. The lowest BCUT2D eigenvalue weighted by Crippen LogP contribution is -2.31. The number of carbonyl (C=O) groups excluding carboxylic acids is 3. The van der Waals surface area contributed by atoms with Crippen LogP contribution in [-0.2, 0) is 33.3 Å². The Morgan fingerprint density at radius 3 is 1.63 bits per heavy atom. The number of ether oxygens (including phenoxy) is 5. The first-order valence-electron chi connectivity index (χ1n) is 12.9. The van der Waals surface area contributed by atoms with Gasteiger partial charge < -0.3 is 34.3 Å². The van der Waals surface area contributed by atoms with Gasteiger partial charge in [0, 0.05) is 19.5 Å². The van der Waals surface area contributed by atoms with Crippen molar-refractivity contribution >= 4 is 17.8 Å². The van der Waals surface area contributed by atoms with Crippen molar-refractivity contribution in [3.63, 3.8) is 0 Å². The molecule has 234 valence electrons. The maximum atomic E-state index is 13.5. The molecule has 0 spiro atoms. The molecule has 1 aromatic carbocycles. The van der Waals surface area contributed by atoms with Crippen molar-refractivity contribution in [1.82, 2.24) is 10.6 Å². The van der Waals surface area contributed by atoms with Gasteiger partial charge in [0.25, 0.3) is 0 Å². The van der Waals surface area contributed by atoms with Crippen LogP contribution < -0.4 is 15.4 Å². The summed E-state index contributed by atoms with van der Waals surface area (Å²) in [6.45, 7) is 6.56. The summed E-state index contributed by atoms with van der Waals surface area (Å²) in [7, 11) is 0. The summed E-state index contributed by atoms with van der Waals surface area (Å²) in [6.07, 6.45) is 2.28. The molecular weight excluding hydrogens is 563 g/mol. The number of esters is 1. The number of halogens is 5. The summed E-state index contributed by atoms with van der Waals surface area (Å²) in [5.74, 6) is -14.9. The fourth-order valence-corrected chi connectivity index (χ4v) is 3.02. The second-order valence-corrected chi connectivity index (χ2v) is 9.82. The van der Waals surface area contributed by atoms with Gasteiger partial charge in [0.15, 0.2) is 0 Å². The van der Waals surface area contributed by atoms with Crippen molar-refractivity contribution in [3.8, 4) is 5.75 Å². The van der Waals surface area contributed by atoms with Crippen LogP contribution in [0.1, 0.15) is 40.0 Å². The van der Waals surface area contributed by atoms with Gasteiger partial charge in [0.2, 0.25) is 46.6 Å². The van der Waals surface area contributed by atoms with E-state index < -0.39 is 47.4 Å². The molecule has 0 fully saturated rings. The molecule has 0 aliphatic heterocycles. The van der Waals surface area contributed by atoms with Gasteiger partial charge in [-0.25, -0.2) is 18.0 Å². The molecule has 0 aliphatic rings. The Hall–Kier alpha value is -2.88. The zero-order valence-corrected chi connectivity index (χ0v) is 23.3. The quantitative estimate of drug-likeness (QED) is 0.0586. The molecular formula is C26H37F5N2O8. The smallest absolute Gasteiger partial charge is 0.337 e. The molecule has 2 N–H and O–H groups in total. The van der Waals surface area contributed by atoms with Crippen LogP contribution in [0.5, 0.6) is 5.75 Å². The predicted octanol–water partition coefficient (Wildman–Crippen LogP) is 2.80. The largest absolute Gasteiger partial charge is 0.418 e. The summed E-state index contributed by atoms with van der Waals surface area (Å²) in [4.78, 5) is 35.0. The standard InChI is InChI=1S/C26H37F5N2O8/c1-26(2,3)6-4-5-17(34)32-7-9-37-11-13-39-15-18(35)33-8-10-38-12-14-40-16-19(36)41-25-23(30)21(28)20(27)22(29)24(25)31/h4-16H2,1-3H3,(H,32,34)(H,33,35). The Balaban J connectivity index is 1.97. The van der Waals surface area contributed by atoms with E-state index in [4.69, 9.17) is 18.9 Å². The third kappa shape index (κ3) is 15.6. The van der Waals surface area contributed by atoms with E-state index in [1.807, 2.05) is 0 Å². The highest BCUT2D eigenvalue weighted by molar-refractivity contribution is 5.77. The van der Waals surface area contributed by atoms with Crippen molar-refractivity contribution in [2.24, 2.45) is 5.41 Å². The van der Waals surface area contributed by atoms with Crippen LogP contribution in [0.25, 0.3) is 0 Å². The summed E-state index contributed by atoms with van der Waals surface area (Å²) >= 11 is 0. The van der Waals surface area contributed by atoms with Crippen LogP contribution in [0, 0.1) is 34.5 Å². The molecule has 0 saturated heterocycles. The Morgan fingerprint density at radius 2 is 1.10 bits per heavy atom.